The summed E-state index contributed by atoms with van der Waals surface area (Å²) in [4.78, 5) is 0. The van der Waals surface area contributed by atoms with Gasteiger partial charge in [-0.15, -0.1) is 0 Å². The van der Waals surface area contributed by atoms with Gasteiger partial charge in [-0.3, -0.25) is 0 Å². The van der Waals surface area contributed by atoms with Gasteiger partial charge in [0.05, 0.1) is 5.75 Å². The quantitative estimate of drug-likeness (QED) is 0.753. The van der Waals surface area contributed by atoms with Gasteiger partial charge in [-0.05, 0) is 43.1 Å². The number of rotatable bonds is 5. The second-order valence-electron chi connectivity index (χ2n) is 7.29. The van der Waals surface area contributed by atoms with Crippen LogP contribution in [0.25, 0.3) is 0 Å². The second kappa shape index (κ2) is 5.47. The summed E-state index contributed by atoms with van der Waals surface area (Å²) in [5.41, 5.74) is 0.721. The van der Waals surface area contributed by atoms with E-state index in [-0.39, 0.29) is 5.75 Å². The van der Waals surface area contributed by atoms with Crippen molar-refractivity contribution < 1.29 is 8.42 Å². The fourth-order valence-electron chi connectivity index (χ4n) is 3.57. The monoisotopic (exact) mass is 276 g/mol. The molecular weight excluding hydrogens is 248 g/mol. The summed E-state index contributed by atoms with van der Waals surface area (Å²) in [5, 5.41) is 8.47. The molecule has 0 radical (unpaired) electrons. The predicted octanol–water partition coefficient (Wildman–Crippen LogP) is 1.86. The van der Waals surface area contributed by atoms with E-state index in [2.05, 4.69) is 33.0 Å². The Hall–Kier alpha value is -0.130. The van der Waals surface area contributed by atoms with Crippen LogP contribution in [0.2, 0.25) is 0 Å². The minimum absolute atomic E-state index is 0.0690. The van der Waals surface area contributed by atoms with Crippen molar-refractivity contribution >= 4 is 10.0 Å². The van der Waals surface area contributed by atoms with Crippen molar-refractivity contribution in [1.82, 2.24) is 5.32 Å². The second-order valence-corrected chi connectivity index (χ2v) is 9.02. The Morgan fingerprint density at radius 2 is 1.67 bits per heavy atom. The number of nitrogens with one attached hydrogen (secondary N) is 1. The third-order valence-corrected chi connectivity index (χ3v) is 4.45. The number of hydrogen-bond donors (Lipinski definition) is 2. The Morgan fingerprint density at radius 3 is 2.11 bits per heavy atom. The summed E-state index contributed by atoms with van der Waals surface area (Å²) in [6.07, 6.45) is 4.16. The van der Waals surface area contributed by atoms with Crippen molar-refractivity contribution in [3.05, 3.63) is 0 Å². The van der Waals surface area contributed by atoms with Gasteiger partial charge in [-0.1, -0.05) is 27.7 Å². The Kier molecular flexibility index (Phi) is 4.84. The first-order chi connectivity index (χ1) is 7.99. The molecule has 0 atom stereocenters. The van der Waals surface area contributed by atoms with Crippen LogP contribution >= 0.6 is 0 Å². The Bertz CT molecular complexity index is 358. The largest absolute Gasteiger partial charge is 0.314 e. The van der Waals surface area contributed by atoms with Crippen molar-refractivity contribution in [3.8, 4) is 0 Å². The molecule has 0 aromatic rings. The third-order valence-electron chi connectivity index (χ3n) is 3.59. The molecule has 0 aromatic carbocycles. The lowest BCUT2D eigenvalue weighted by molar-refractivity contribution is 0.0853. The van der Waals surface area contributed by atoms with Gasteiger partial charge in [0.1, 0.15) is 0 Å². The molecule has 0 spiro atoms. The smallest absolute Gasteiger partial charge is 0.209 e. The Labute approximate surface area is 112 Å². The van der Waals surface area contributed by atoms with Crippen LogP contribution in [0.4, 0.5) is 0 Å². The van der Waals surface area contributed by atoms with Crippen LogP contribution in [0, 0.1) is 10.8 Å². The summed E-state index contributed by atoms with van der Waals surface area (Å²) in [5.74, 6) is 0.0690. The molecule has 1 aliphatic carbocycles. The van der Waals surface area contributed by atoms with E-state index < -0.39 is 10.0 Å². The molecule has 4 nitrogen and oxygen atoms in total. The van der Waals surface area contributed by atoms with E-state index in [4.69, 9.17) is 5.14 Å². The van der Waals surface area contributed by atoms with Crippen molar-refractivity contribution in [2.24, 2.45) is 16.0 Å². The van der Waals surface area contributed by atoms with Crippen molar-refractivity contribution in [2.75, 3.05) is 12.3 Å². The fraction of sp³-hybridized carbons (Fsp3) is 1.00. The highest BCUT2D eigenvalue weighted by molar-refractivity contribution is 7.89. The maximum atomic E-state index is 10.8. The van der Waals surface area contributed by atoms with Crippen molar-refractivity contribution in [1.29, 1.82) is 0 Å². The summed E-state index contributed by atoms with van der Waals surface area (Å²) >= 11 is 0. The van der Waals surface area contributed by atoms with Crippen molar-refractivity contribution in [3.63, 3.8) is 0 Å². The van der Waals surface area contributed by atoms with Crippen LogP contribution in [0.3, 0.4) is 0 Å². The maximum Gasteiger partial charge on any atom is 0.209 e. The number of primary sulfonamides is 1. The van der Waals surface area contributed by atoms with Gasteiger partial charge < -0.3 is 5.32 Å². The minimum atomic E-state index is -3.31. The molecule has 0 aromatic heterocycles. The predicted molar refractivity (Wildman–Crippen MR) is 75.8 cm³/mol. The van der Waals surface area contributed by atoms with E-state index in [1.165, 1.54) is 6.42 Å². The minimum Gasteiger partial charge on any atom is -0.314 e. The van der Waals surface area contributed by atoms with Crippen LogP contribution < -0.4 is 10.5 Å². The van der Waals surface area contributed by atoms with Crippen molar-refractivity contribution in [2.45, 2.75) is 59.4 Å². The molecule has 0 aliphatic heterocycles. The lowest BCUT2D eigenvalue weighted by atomic mass is 9.63. The van der Waals surface area contributed by atoms with E-state index >= 15 is 0 Å². The molecular formula is C13H28N2O2S. The van der Waals surface area contributed by atoms with E-state index in [0.29, 0.717) is 23.3 Å². The highest BCUT2D eigenvalue weighted by Gasteiger charge is 2.37. The van der Waals surface area contributed by atoms with Gasteiger partial charge in [0.15, 0.2) is 0 Å². The SMILES string of the molecule is CC1(C)CC(NCCCS(N)(=O)=O)CC(C)(C)C1. The molecule has 108 valence electrons. The zero-order chi connectivity index (χ0) is 14.0. The maximum absolute atomic E-state index is 10.8. The molecule has 18 heavy (non-hydrogen) atoms. The molecule has 1 fully saturated rings. The first-order valence-electron chi connectivity index (χ1n) is 6.73. The van der Waals surface area contributed by atoms with Crippen LogP contribution in [0.15, 0.2) is 0 Å². The molecule has 1 saturated carbocycles. The summed E-state index contributed by atoms with van der Waals surface area (Å²) in [7, 11) is -3.31. The van der Waals surface area contributed by atoms with Crippen LogP contribution in [0.5, 0.6) is 0 Å². The molecule has 0 amide bonds. The molecule has 1 rings (SSSR count). The summed E-state index contributed by atoms with van der Waals surface area (Å²) < 4.78 is 21.7. The highest BCUT2D eigenvalue weighted by Crippen LogP contribution is 2.45. The van der Waals surface area contributed by atoms with E-state index in [1.807, 2.05) is 0 Å². The molecule has 0 heterocycles. The van der Waals surface area contributed by atoms with E-state index in [9.17, 15) is 8.42 Å². The number of hydrogen-bond acceptors (Lipinski definition) is 3. The Balaban J connectivity index is 2.38. The highest BCUT2D eigenvalue weighted by atomic mass is 32.2. The Morgan fingerprint density at radius 1 is 1.17 bits per heavy atom. The zero-order valence-electron chi connectivity index (χ0n) is 12.1. The van der Waals surface area contributed by atoms with Gasteiger partial charge in [0.25, 0.3) is 0 Å². The first kappa shape index (κ1) is 15.9. The molecule has 3 N–H and O–H groups in total. The molecule has 0 bridgehead atoms. The van der Waals surface area contributed by atoms with Crippen LogP contribution in [0.1, 0.15) is 53.4 Å². The van der Waals surface area contributed by atoms with E-state index in [1.54, 1.807) is 0 Å². The number of sulfonamides is 1. The van der Waals surface area contributed by atoms with Gasteiger partial charge in [-0.25, -0.2) is 13.6 Å². The van der Waals surface area contributed by atoms with Gasteiger partial charge >= 0.3 is 0 Å². The van der Waals surface area contributed by atoms with Crippen LogP contribution in [-0.2, 0) is 10.0 Å². The molecule has 5 heteroatoms. The lowest BCUT2D eigenvalue weighted by Gasteiger charge is -2.45. The average Bonchev–Trinajstić information content (AvgIpc) is 2.05. The van der Waals surface area contributed by atoms with Gasteiger partial charge in [0.2, 0.25) is 10.0 Å². The number of nitrogens with two attached hydrogens (primary N) is 1. The molecule has 0 saturated heterocycles. The van der Waals surface area contributed by atoms with Gasteiger partial charge in [-0.2, -0.15) is 0 Å². The molecule has 1 aliphatic rings. The summed E-state index contributed by atoms with van der Waals surface area (Å²) in [6, 6.07) is 0.490. The average molecular weight is 276 g/mol. The standard InChI is InChI=1S/C13H28N2O2S/c1-12(2)8-11(9-13(3,4)10-12)15-6-5-7-18(14,16)17/h11,15H,5-10H2,1-4H3,(H2,14,16,17). The van der Waals surface area contributed by atoms with Gasteiger partial charge in [0, 0.05) is 6.04 Å². The van der Waals surface area contributed by atoms with E-state index in [0.717, 1.165) is 19.4 Å². The fourth-order valence-corrected chi connectivity index (χ4v) is 4.12. The topological polar surface area (TPSA) is 72.2 Å². The van der Waals surface area contributed by atoms with Crippen LogP contribution in [-0.4, -0.2) is 26.8 Å². The first-order valence-corrected chi connectivity index (χ1v) is 8.45. The normalized spacial score (nSPS) is 24.1. The zero-order valence-corrected chi connectivity index (χ0v) is 12.9. The third kappa shape index (κ3) is 6.16. The molecule has 0 unspecified atom stereocenters. The summed E-state index contributed by atoms with van der Waals surface area (Å²) in [6.45, 7) is 9.98. The lowest BCUT2D eigenvalue weighted by Crippen LogP contribution is -2.44.